The number of aliphatic hydroxyl groups is 1. The van der Waals surface area contributed by atoms with Crippen LogP contribution in [0.15, 0.2) is 22.9 Å². The highest BCUT2D eigenvalue weighted by molar-refractivity contribution is 5.57. The van der Waals surface area contributed by atoms with E-state index in [1.165, 1.54) is 0 Å². The smallest absolute Gasteiger partial charge is 0.258 e. The summed E-state index contributed by atoms with van der Waals surface area (Å²) in [6.45, 7) is 5.88. The standard InChI is InChI=1S/C15H20N4O3/c1-10(2)13-18-14(22-19-13)11-3-4-16-12(5-11)17-6-15(7-20)8-21-9-15/h3-5,10,20H,6-9H2,1-2H3,(H,16,17). The molecule has 3 rings (SSSR count). The minimum absolute atomic E-state index is 0.0983. The predicted octanol–water partition coefficient (Wildman–Crippen LogP) is 1.68. The van der Waals surface area contributed by atoms with Gasteiger partial charge in [-0.05, 0) is 12.1 Å². The molecule has 0 bridgehead atoms. The van der Waals surface area contributed by atoms with Crippen molar-refractivity contribution in [3.63, 3.8) is 0 Å². The monoisotopic (exact) mass is 304 g/mol. The van der Waals surface area contributed by atoms with Crippen LogP contribution >= 0.6 is 0 Å². The van der Waals surface area contributed by atoms with Crippen LogP contribution in [-0.2, 0) is 4.74 Å². The van der Waals surface area contributed by atoms with Crippen molar-refractivity contribution in [1.82, 2.24) is 15.1 Å². The Morgan fingerprint density at radius 1 is 1.41 bits per heavy atom. The lowest BCUT2D eigenvalue weighted by molar-refractivity contribution is -0.128. The van der Waals surface area contributed by atoms with E-state index in [4.69, 9.17) is 9.26 Å². The predicted molar refractivity (Wildman–Crippen MR) is 80.4 cm³/mol. The van der Waals surface area contributed by atoms with Gasteiger partial charge in [0.25, 0.3) is 5.89 Å². The highest BCUT2D eigenvalue weighted by Gasteiger charge is 2.37. The third kappa shape index (κ3) is 2.95. The minimum atomic E-state index is -0.201. The molecule has 2 aromatic rings. The zero-order valence-electron chi connectivity index (χ0n) is 12.7. The molecule has 3 heterocycles. The number of nitrogens with zero attached hydrogens (tertiary/aromatic N) is 3. The SMILES string of the molecule is CC(C)c1noc(-c2ccnc(NCC3(CO)COC3)c2)n1. The second-order valence-corrected chi connectivity index (χ2v) is 6.05. The Kier molecular flexibility index (Phi) is 4.08. The van der Waals surface area contributed by atoms with Crippen LogP contribution in [0.25, 0.3) is 11.5 Å². The molecule has 118 valence electrons. The number of anilines is 1. The highest BCUT2D eigenvalue weighted by atomic mass is 16.5. The van der Waals surface area contributed by atoms with Crippen LogP contribution in [0.4, 0.5) is 5.82 Å². The second kappa shape index (κ2) is 6.02. The molecule has 7 nitrogen and oxygen atoms in total. The molecule has 7 heteroatoms. The maximum atomic E-state index is 9.43. The molecule has 0 radical (unpaired) electrons. The van der Waals surface area contributed by atoms with Crippen LogP contribution in [0.5, 0.6) is 0 Å². The van der Waals surface area contributed by atoms with Crippen molar-refractivity contribution in [2.75, 3.05) is 31.7 Å². The van der Waals surface area contributed by atoms with Crippen molar-refractivity contribution in [3.05, 3.63) is 24.2 Å². The lowest BCUT2D eigenvalue weighted by Gasteiger charge is -2.39. The van der Waals surface area contributed by atoms with Gasteiger partial charge in [0.05, 0.1) is 25.2 Å². The van der Waals surface area contributed by atoms with E-state index in [1.807, 2.05) is 26.0 Å². The molecular formula is C15H20N4O3. The number of pyridine rings is 1. The minimum Gasteiger partial charge on any atom is -0.396 e. The third-order valence-corrected chi connectivity index (χ3v) is 3.76. The molecule has 1 saturated heterocycles. The van der Waals surface area contributed by atoms with Crippen molar-refractivity contribution >= 4 is 5.82 Å². The van der Waals surface area contributed by atoms with E-state index in [1.54, 1.807) is 6.20 Å². The number of rotatable bonds is 6. The number of hydrogen-bond acceptors (Lipinski definition) is 7. The van der Waals surface area contributed by atoms with E-state index in [0.29, 0.717) is 37.3 Å². The molecule has 1 aliphatic heterocycles. The molecule has 1 fully saturated rings. The Hall–Kier alpha value is -1.99. The summed E-state index contributed by atoms with van der Waals surface area (Å²) in [5.41, 5.74) is 0.618. The average Bonchev–Trinajstić information content (AvgIpc) is 2.97. The molecule has 2 aromatic heterocycles. The van der Waals surface area contributed by atoms with Crippen LogP contribution in [0.3, 0.4) is 0 Å². The van der Waals surface area contributed by atoms with Gasteiger partial charge in [0.2, 0.25) is 0 Å². The van der Waals surface area contributed by atoms with Gasteiger partial charge < -0.3 is 19.7 Å². The Labute approximate surface area is 128 Å². The molecule has 0 saturated carbocycles. The second-order valence-electron chi connectivity index (χ2n) is 6.05. The van der Waals surface area contributed by atoms with Crippen LogP contribution in [0, 0.1) is 5.41 Å². The number of ether oxygens (including phenoxy) is 1. The van der Waals surface area contributed by atoms with E-state index >= 15 is 0 Å². The first-order valence-corrected chi connectivity index (χ1v) is 7.34. The molecule has 1 aliphatic rings. The van der Waals surface area contributed by atoms with Gasteiger partial charge in [-0.15, -0.1) is 0 Å². The molecule has 0 aromatic carbocycles. The molecule has 0 spiro atoms. The van der Waals surface area contributed by atoms with Crippen molar-refractivity contribution < 1.29 is 14.4 Å². The lowest BCUT2D eigenvalue weighted by Crippen LogP contribution is -2.50. The van der Waals surface area contributed by atoms with Crippen molar-refractivity contribution in [3.8, 4) is 11.5 Å². The molecule has 0 aliphatic carbocycles. The Morgan fingerprint density at radius 2 is 2.23 bits per heavy atom. The van der Waals surface area contributed by atoms with Gasteiger partial charge >= 0.3 is 0 Å². The fraction of sp³-hybridized carbons (Fsp3) is 0.533. The van der Waals surface area contributed by atoms with Gasteiger partial charge in [0.1, 0.15) is 5.82 Å². The third-order valence-electron chi connectivity index (χ3n) is 3.76. The number of hydrogen-bond donors (Lipinski definition) is 2. The summed E-state index contributed by atoms with van der Waals surface area (Å²) in [7, 11) is 0. The topological polar surface area (TPSA) is 93.3 Å². The van der Waals surface area contributed by atoms with E-state index in [9.17, 15) is 5.11 Å². The van der Waals surface area contributed by atoms with Gasteiger partial charge in [0.15, 0.2) is 5.82 Å². The van der Waals surface area contributed by atoms with Gasteiger partial charge in [-0.1, -0.05) is 19.0 Å². The largest absolute Gasteiger partial charge is 0.396 e. The van der Waals surface area contributed by atoms with Crippen LogP contribution in [0.1, 0.15) is 25.6 Å². The lowest BCUT2D eigenvalue weighted by atomic mass is 9.87. The molecule has 0 unspecified atom stereocenters. The zero-order valence-corrected chi connectivity index (χ0v) is 12.7. The van der Waals surface area contributed by atoms with Crippen LogP contribution in [-0.4, -0.2) is 46.6 Å². The summed E-state index contributed by atoms with van der Waals surface area (Å²) in [5, 5.41) is 16.6. The maximum Gasteiger partial charge on any atom is 0.258 e. The quantitative estimate of drug-likeness (QED) is 0.838. The number of aliphatic hydroxyl groups excluding tert-OH is 1. The van der Waals surface area contributed by atoms with Gasteiger partial charge in [-0.3, -0.25) is 0 Å². The fourth-order valence-electron chi connectivity index (χ4n) is 2.16. The van der Waals surface area contributed by atoms with Gasteiger partial charge in [-0.2, -0.15) is 4.98 Å². The molecule has 0 atom stereocenters. The molecule has 0 amide bonds. The average molecular weight is 304 g/mol. The zero-order chi connectivity index (χ0) is 15.6. The summed E-state index contributed by atoms with van der Waals surface area (Å²) < 4.78 is 10.5. The first-order valence-electron chi connectivity index (χ1n) is 7.34. The van der Waals surface area contributed by atoms with Gasteiger partial charge in [0, 0.05) is 24.2 Å². The number of aromatic nitrogens is 3. The Morgan fingerprint density at radius 3 is 2.82 bits per heavy atom. The molecule has 2 N–H and O–H groups in total. The van der Waals surface area contributed by atoms with Crippen LogP contribution in [0.2, 0.25) is 0 Å². The van der Waals surface area contributed by atoms with E-state index in [2.05, 4.69) is 20.4 Å². The summed E-state index contributed by atoms with van der Waals surface area (Å²) in [6, 6.07) is 3.69. The van der Waals surface area contributed by atoms with Crippen molar-refractivity contribution in [1.29, 1.82) is 0 Å². The van der Waals surface area contributed by atoms with Gasteiger partial charge in [-0.25, -0.2) is 4.98 Å². The molecule has 22 heavy (non-hydrogen) atoms. The van der Waals surface area contributed by atoms with Crippen molar-refractivity contribution in [2.45, 2.75) is 19.8 Å². The Bertz CT molecular complexity index is 632. The summed E-state index contributed by atoms with van der Waals surface area (Å²) in [5.74, 6) is 2.10. The first-order chi connectivity index (χ1) is 10.6. The fourth-order valence-corrected chi connectivity index (χ4v) is 2.16. The maximum absolute atomic E-state index is 9.43. The highest BCUT2D eigenvalue weighted by Crippen LogP contribution is 2.27. The molecular weight excluding hydrogens is 284 g/mol. The van der Waals surface area contributed by atoms with E-state index < -0.39 is 0 Å². The Balaban J connectivity index is 1.71. The summed E-state index contributed by atoms with van der Waals surface area (Å²) in [4.78, 5) is 8.66. The van der Waals surface area contributed by atoms with E-state index in [-0.39, 0.29) is 17.9 Å². The number of nitrogens with one attached hydrogen (secondary N) is 1. The summed E-state index contributed by atoms with van der Waals surface area (Å²) in [6.07, 6.45) is 1.69. The van der Waals surface area contributed by atoms with E-state index in [0.717, 1.165) is 5.56 Å². The van der Waals surface area contributed by atoms with Crippen molar-refractivity contribution in [2.24, 2.45) is 5.41 Å². The summed E-state index contributed by atoms with van der Waals surface area (Å²) >= 11 is 0. The first kappa shape index (κ1) is 14.9. The normalized spacial score (nSPS) is 16.5. The van der Waals surface area contributed by atoms with Crippen LogP contribution < -0.4 is 5.32 Å².